The molecule has 1 aromatic heterocycles. The molecule has 0 aromatic carbocycles. The number of anilines is 1. The minimum atomic E-state index is -1.34. The second kappa shape index (κ2) is 9.27. The van der Waals surface area contributed by atoms with Crippen molar-refractivity contribution in [2.24, 2.45) is 39.9 Å². The molecule has 6 nitrogen and oxygen atoms in total. The fourth-order valence-corrected chi connectivity index (χ4v) is 9.29. The van der Waals surface area contributed by atoms with Crippen LogP contribution in [0.25, 0.3) is 0 Å². The first-order chi connectivity index (χ1) is 17.5. The average Bonchev–Trinajstić information content (AvgIpc) is 3.07. The zero-order valence-electron chi connectivity index (χ0n) is 21.3. The van der Waals surface area contributed by atoms with E-state index in [-0.39, 0.29) is 41.6 Å². The van der Waals surface area contributed by atoms with Crippen LogP contribution in [0.5, 0.6) is 0 Å². The van der Waals surface area contributed by atoms with Crippen LogP contribution in [0.3, 0.4) is 0 Å². The van der Waals surface area contributed by atoms with Gasteiger partial charge in [0.1, 0.15) is 12.2 Å². The molecule has 1 heterocycles. The Morgan fingerprint density at radius 3 is 2.70 bits per heavy atom. The summed E-state index contributed by atoms with van der Waals surface area (Å²) >= 11 is 0.625. The van der Waals surface area contributed by atoms with Crippen LogP contribution in [0, 0.1) is 39.9 Å². The van der Waals surface area contributed by atoms with Gasteiger partial charge >= 0.3 is 0 Å². The number of alkyl halides is 2. The fourth-order valence-electron chi connectivity index (χ4n) is 8.55. The highest BCUT2D eigenvalue weighted by Crippen LogP contribution is 2.73. The standard InChI is InChI=1S/C28H34F2N2O4S/c1-26-7-6-18(33)9-19(26)21(30)10-20-24(26)22(34)12-28(3)23(25(35)37-15-29)16(11-27(20,28)2)14-32(36)17-5-4-8-31-13-17/h4-9,13,16,20-24,34,36H,10-12,14-15H2,1-3H3. The van der Waals surface area contributed by atoms with Gasteiger partial charge < -0.3 is 5.11 Å². The molecule has 1 aromatic rings. The van der Waals surface area contributed by atoms with E-state index in [4.69, 9.17) is 0 Å². The summed E-state index contributed by atoms with van der Waals surface area (Å²) in [4.78, 5) is 29.6. The summed E-state index contributed by atoms with van der Waals surface area (Å²) in [5.74, 6) is -1.84. The normalized spacial score (nSPS) is 42.5. The van der Waals surface area contributed by atoms with Crippen LogP contribution in [-0.4, -0.2) is 51.0 Å². The third-order valence-electron chi connectivity index (χ3n) is 10.3. The third kappa shape index (κ3) is 3.91. The Kier molecular flexibility index (Phi) is 6.64. The SMILES string of the molecule is CC12C=CC(=O)C=C1C(F)CC1C2C(O)CC2(C)C(C(=O)SCF)C(CN(O)c3cccnc3)CC12C. The fraction of sp³-hybridized carbons (Fsp3) is 0.607. The molecule has 9 unspecified atom stereocenters. The molecule has 4 aliphatic carbocycles. The van der Waals surface area contributed by atoms with Gasteiger partial charge in [0, 0.05) is 30.0 Å². The van der Waals surface area contributed by atoms with Crippen LogP contribution in [0.4, 0.5) is 14.5 Å². The highest BCUT2D eigenvalue weighted by atomic mass is 32.2. The first-order valence-corrected chi connectivity index (χ1v) is 13.8. The molecule has 37 heavy (non-hydrogen) atoms. The summed E-state index contributed by atoms with van der Waals surface area (Å²) in [6.45, 7) is 6.07. The minimum Gasteiger partial charge on any atom is -0.393 e. The largest absolute Gasteiger partial charge is 0.393 e. The van der Waals surface area contributed by atoms with Crippen molar-refractivity contribution in [2.75, 3.05) is 17.6 Å². The van der Waals surface area contributed by atoms with E-state index in [0.29, 0.717) is 35.9 Å². The quantitative estimate of drug-likeness (QED) is 0.520. The number of pyridine rings is 1. The van der Waals surface area contributed by atoms with E-state index in [9.17, 15) is 24.3 Å². The monoisotopic (exact) mass is 532 g/mol. The van der Waals surface area contributed by atoms with Crippen molar-refractivity contribution in [1.29, 1.82) is 0 Å². The van der Waals surface area contributed by atoms with Crippen molar-refractivity contribution >= 4 is 28.3 Å². The van der Waals surface area contributed by atoms with E-state index < -0.39 is 40.4 Å². The summed E-state index contributed by atoms with van der Waals surface area (Å²) in [5.41, 5.74) is -1.22. The molecule has 0 spiro atoms. The number of halogens is 2. The number of hydrogen-bond donors (Lipinski definition) is 2. The molecule has 9 heteroatoms. The van der Waals surface area contributed by atoms with Crippen molar-refractivity contribution in [2.45, 2.75) is 52.3 Å². The predicted octanol–water partition coefficient (Wildman–Crippen LogP) is 4.92. The van der Waals surface area contributed by atoms with Gasteiger partial charge in [0.15, 0.2) is 10.9 Å². The van der Waals surface area contributed by atoms with Gasteiger partial charge in [-0.15, -0.1) is 0 Å². The van der Waals surface area contributed by atoms with Gasteiger partial charge in [0.2, 0.25) is 0 Å². The molecular weight excluding hydrogens is 498 g/mol. The van der Waals surface area contributed by atoms with Crippen molar-refractivity contribution in [3.05, 3.63) is 48.3 Å². The lowest BCUT2D eigenvalue weighted by Gasteiger charge is -2.63. The molecule has 5 rings (SSSR count). The van der Waals surface area contributed by atoms with Gasteiger partial charge in [0.25, 0.3) is 0 Å². The van der Waals surface area contributed by atoms with Crippen molar-refractivity contribution in [1.82, 2.24) is 4.98 Å². The number of allylic oxidation sites excluding steroid dienone is 4. The maximum absolute atomic E-state index is 15.8. The number of hydroxylamine groups is 1. The zero-order chi connectivity index (χ0) is 26.8. The Hall–Kier alpha value is -2.10. The minimum absolute atomic E-state index is 0.128. The summed E-state index contributed by atoms with van der Waals surface area (Å²) < 4.78 is 29.2. The Labute approximate surface area is 220 Å². The topological polar surface area (TPSA) is 90.7 Å². The number of ketones is 1. The summed E-state index contributed by atoms with van der Waals surface area (Å²) in [6.07, 6.45) is 6.48. The van der Waals surface area contributed by atoms with Crippen LogP contribution in [0.2, 0.25) is 0 Å². The Morgan fingerprint density at radius 2 is 2.03 bits per heavy atom. The first-order valence-electron chi connectivity index (χ1n) is 12.8. The molecule has 3 fully saturated rings. The number of carbonyl (C=O) groups is 2. The molecule has 0 aliphatic heterocycles. The maximum Gasteiger partial charge on any atom is 0.195 e. The molecule has 4 aliphatic rings. The van der Waals surface area contributed by atoms with Gasteiger partial charge in [-0.1, -0.05) is 38.6 Å². The third-order valence-corrected chi connectivity index (χ3v) is 10.9. The summed E-state index contributed by atoms with van der Waals surface area (Å²) in [6, 6.07) is 2.56. The lowest BCUT2D eigenvalue weighted by molar-refractivity contribution is -0.169. The number of fused-ring (bicyclic) bond motifs is 5. The van der Waals surface area contributed by atoms with Gasteiger partial charge in [-0.2, -0.15) is 0 Å². The van der Waals surface area contributed by atoms with Crippen LogP contribution in [0.1, 0.15) is 40.0 Å². The number of aliphatic hydroxyl groups is 1. The van der Waals surface area contributed by atoms with E-state index >= 15 is 4.39 Å². The maximum atomic E-state index is 15.8. The highest BCUT2D eigenvalue weighted by molar-refractivity contribution is 8.13. The molecule has 2 N–H and O–H groups in total. The molecule has 3 saturated carbocycles. The Balaban J connectivity index is 1.56. The van der Waals surface area contributed by atoms with E-state index in [0.717, 1.165) is 5.06 Å². The van der Waals surface area contributed by atoms with Crippen molar-refractivity contribution in [3.63, 3.8) is 0 Å². The van der Waals surface area contributed by atoms with Crippen LogP contribution < -0.4 is 5.06 Å². The number of aromatic nitrogens is 1. The van der Waals surface area contributed by atoms with Crippen molar-refractivity contribution in [3.8, 4) is 0 Å². The van der Waals surface area contributed by atoms with Gasteiger partial charge in [-0.25, -0.2) is 8.78 Å². The average molecular weight is 533 g/mol. The number of nitrogens with zero attached hydrogens (tertiary/aromatic N) is 2. The van der Waals surface area contributed by atoms with Gasteiger partial charge in [0.05, 0.1) is 18.0 Å². The second-order valence-corrected chi connectivity index (χ2v) is 12.8. The van der Waals surface area contributed by atoms with E-state index in [1.807, 2.05) is 13.8 Å². The first kappa shape index (κ1) is 26.5. The zero-order valence-corrected chi connectivity index (χ0v) is 22.1. The molecule has 0 radical (unpaired) electrons. The molecule has 0 saturated heterocycles. The van der Waals surface area contributed by atoms with E-state index in [1.54, 1.807) is 24.4 Å². The summed E-state index contributed by atoms with van der Waals surface area (Å²) in [5, 5.41) is 23.3. The lowest BCUT2D eigenvalue weighted by atomic mass is 9.41. The lowest BCUT2D eigenvalue weighted by Crippen LogP contribution is -2.62. The number of rotatable bonds is 5. The summed E-state index contributed by atoms with van der Waals surface area (Å²) in [7, 11) is 0. The molecular formula is C28H34F2N2O4S. The smallest absolute Gasteiger partial charge is 0.195 e. The second-order valence-electron chi connectivity index (χ2n) is 11.9. The molecule has 0 bridgehead atoms. The van der Waals surface area contributed by atoms with E-state index in [1.165, 1.54) is 18.3 Å². The number of carbonyl (C=O) groups excluding carboxylic acids is 2. The van der Waals surface area contributed by atoms with Crippen LogP contribution in [-0.2, 0) is 9.59 Å². The number of hydrogen-bond acceptors (Lipinski definition) is 7. The van der Waals surface area contributed by atoms with Crippen molar-refractivity contribution < 1.29 is 28.7 Å². The highest BCUT2D eigenvalue weighted by Gasteiger charge is 2.71. The van der Waals surface area contributed by atoms with Crippen LogP contribution >= 0.6 is 11.8 Å². The van der Waals surface area contributed by atoms with Gasteiger partial charge in [-0.3, -0.25) is 24.8 Å². The molecule has 9 atom stereocenters. The predicted molar refractivity (Wildman–Crippen MR) is 137 cm³/mol. The Bertz CT molecular complexity index is 1150. The molecule has 0 amide bonds. The van der Waals surface area contributed by atoms with Gasteiger partial charge in [-0.05, 0) is 71.8 Å². The van der Waals surface area contributed by atoms with Crippen LogP contribution in [0.15, 0.2) is 48.3 Å². The Morgan fingerprint density at radius 1 is 1.27 bits per heavy atom. The number of aliphatic hydroxyl groups excluding tert-OH is 1. The van der Waals surface area contributed by atoms with E-state index in [2.05, 4.69) is 11.9 Å². The number of thioether (sulfide) groups is 1. The molecule has 200 valence electrons.